The lowest BCUT2D eigenvalue weighted by atomic mass is 10.1. The summed E-state index contributed by atoms with van der Waals surface area (Å²) in [4.78, 5) is 12.2. The first-order valence-corrected chi connectivity index (χ1v) is 11.2. The number of ether oxygens (including phenoxy) is 2. The molecule has 6 nitrogen and oxygen atoms in total. The van der Waals surface area contributed by atoms with E-state index in [0.717, 1.165) is 16.9 Å². The minimum absolute atomic E-state index is 0.0180. The molecule has 3 aromatic rings. The highest BCUT2D eigenvalue weighted by atomic mass is 32.2. The first kappa shape index (κ1) is 20.9. The van der Waals surface area contributed by atoms with E-state index in [1.54, 1.807) is 29.6 Å². The van der Waals surface area contributed by atoms with E-state index in [0.29, 0.717) is 29.2 Å². The number of nitrogens with one attached hydrogen (secondary N) is 1. The summed E-state index contributed by atoms with van der Waals surface area (Å²) in [6.07, 6.45) is 0. The first-order valence-electron chi connectivity index (χ1n) is 8.89. The van der Waals surface area contributed by atoms with Crippen LogP contribution in [0.4, 0.5) is 5.69 Å². The van der Waals surface area contributed by atoms with E-state index in [2.05, 4.69) is 4.72 Å². The Morgan fingerprint density at radius 2 is 1.79 bits per heavy atom. The summed E-state index contributed by atoms with van der Waals surface area (Å²) in [6, 6.07) is 14.2. The predicted molar refractivity (Wildman–Crippen MR) is 114 cm³/mol. The molecule has 0 atom stereocenters. The lowest BCUT2D eigenvalue weighted by Gasteiger charge is -2.14. The number of thiophene rings is 1. The summed E-state index contributed by atoms with van der Waals surface area (Å²) in [6.45, 7) is 4.15. The summed E-state index contributed by atoms with van der Waals surface area (Å²) < 4.78 is 39.6. The average Bonchev–Trinajstić information content (AvgIpc) is 3.16. The number of hydrogen-bond donors (Lipinski definition) is 1. The van der Waals surface area contributed by atoms with Crippen LogP contribution in [0.15, 0.2) is 58.8 Å². The van der Waals surface area contributed by atoms with Gasteiger partial charge in [0.2, 0.25) is 0 Å². The van der Waals surface area contributed by atoms with Crippen LogP contribution < -0.4 is 9.46 Å². The van der Waals surface area contributed by atoms with Gasteiger partial charge in [0, 0.05) is 10.9 Å². The molecule has 0 aliphatic carbocycles. The van der Waals surface area contributed by atoms with Crippen LogP contribution in [-0.2, 0) is 14.8 Å². The monoisotopic (exact) mass is 431 g/mol. The normalized spacial score (nSPS) is 11.1. The van der Waals surface area contributed by atoms with Crippen LogP contribution >= 0.6 is 11.3 Å². The second-order valence-corrected chi connectivity index (χ2v) is 8.70. The maximum atomic E-state index is 13.4. The molecule has 0 fully saturated rings. The van der Waals surface area contributed by atoms with Crippen LogP contribution in [0.5, 0.6) is 5.75 Å². The summed E-state index contributed by atoms with van der Waals surface area (Å²) in [5.74, 6) is -0.294. The van der Waals surface area contributed by atoms with Crippen LogP contribution in [0.1, 0.15) is 22.2 Å². The number of carbonyl (C=O) groups excluding carboxylic acids is 1. The third-order valence-corrected chi connectivity index (χ3v) is 6.72. The highest BCUT2D eigenvalue weighted by Gasteiger charge is 2.30. The molecule has 0 spiro atoms. The van der Waals surface area contributed by atoms with Gasteiger partial charge in [-0.3, -0.25) is 4.72 Å². The molecule has 8 heteroatoms. The van der Waals surface area contributed by atoms with Crippen molar-refractivity contribution in [2.45, 2.75) is 18.7 Å². The second kappa shape index (κ2) is 8.67. The standard InChI is InChI=1S/C21H21NO5S2/c1-4-27-18-8-6-5-7-17(18)22-29(24,25)20-16(13-28-19(20)21(23)26-3)15-11-9-14(2)10-12-15/h5-13,22H,4H2,1-3H3. The summed E-state index contributed by atoms with van der Waals surface area (Å²) in [7, 11) is -2.88. The smallest absolute Gasteiger partial charge is 0.349 e. The van der Waals surface area contributed by atoms with Gasteiger partial charge in [0.05, 0.1) is 19.4 Å². The number of methoxy groups -OCH3 is 1. The van der Waals surface area contributed by atoms with Crippen LogP contribution in [0.3, 0.4) is 0 Å². The zero-order valence-electron chi connectivity index (χ0n) is 16.3. The molecule has 0 amide bonds. The molecule has 0 radical (unpaired) electrons. The minimum Gasteiger partial charge on any atom is -0.492 e. The lowest BCUT2D eigenvalue weighted by Crippen LogP contribution is -2.17. The number of rotatable bonds is 7. The Kier molecular flexibility index (Phi) is 6.24. The SMILES string of the molecule is CCOc1ccccc1NS(=O)(=O)c1c(-c2ccc(C)cc2)csc1C(=O)OC. The van der Waals surface area contributed by atoms with E-state index in [9.17, 15) is 13.2 Å². The topological polar surface area (TPSA) is 81.7 Å². The molecule has 1 heterocycles. The van der Waals surface area contributed by atoms with Gasteiger partial charge in [0.25, 0.3) is 10.0 Å². The van der Waals surface area contributed by atoms with Gasteiger partial charge in [0.1, 0.15) is 15.5 Å². The second-order valence-electron chi connectivity index (χ2n) is 6.20. The maximum Gasteiger partial charge on any atom is 0.349 e. The van der Waals surface area contributed by atoms with Crippen LogP contribution in [0.25, 0.3) is 11.1 Å². The molecule has 1 aromatic heterocycles. The van der Waals surface area contributed by atoms with Gasteiger partial charge in [0.15, 0.2) is 0 Å². The molecular formula is C21H21NO5S2. The van der Waals surface area contributed by atoms with Gasteiger partial charge >= 0.3 is 5.97 Å². The fourth-order valence-corrected chi connectivity index (χ4v) is 5.60. The van der Waals surface area contributed by atoms with Gasteiger partial charge in [-0.25, -0.2) is 13.2 Å². The number of anilines is 1. The van der Waals surface area contributed by atoms with Crippen molar-refractivity contribution in [1.82, 2.24) is 0 Å². The number of aryl methyl sites for hydroxylation is 1. The van der Waals surface area contributed by atoms with E-state index >= 15 is 0 Å². The Morgan fingerprint density at radius 3 is 2.45 bits per heavy atom. The molecular weight excluding hydrogens is 410 g/mol. The van der Waals surface area contributed by atoms with Gasteiger partial charge in [-0.1, -0.05) is 42.0 Å². The molecule has 29 heavy (non-hydrogen) atoms. The largest absolute Gasteiger partial charge is 0.492 e. The van der Waals surface area contributed by atoms with Crippen molar-refractivity contribution in [3.63, 3.8) is 0 Å². The van der Waals surface area contributed by atoms with Crippen molar-refractivity contribution in [3.8, 4) is 16.9 Å². The number of carbonyl (C=O) groups is 1. The summed E-state index contributed by atoms with van der Waals surface area (Å²) in [5, 5.41) is 1.65. The van der Waals surface area contributed by atoms with Crippen molar-refractivity contribution in [3.05, 3.63) is 64.4 Å². The third-order valence-electron chi connectivity index (χ3n) is 4.18. The van der Waals surface area contributed by atoms with Gasteiger partial charge in [-0.15, -0.1) is 11.3 Å². The van der Waals surface area contributed by atoms with Crippen molar-refractivity contribution >= 4 is 33.0 Å². The van der Waals surface area contributed by atoms with E-state index in [1.165, 1.54) is 7.11 Å². The van der Waals surface area contributed by atoms with E-state index in [4.69, 9.17) is 9.47 Å². The highest BCUT2D eigenvalue weighted by molar-refractivity contribution is 7.93. The van der Waals surface area contributed by atoms with Crippen LogP contribution in [0, 0.1) is 6.92 Å². The molecule has 0 saturated carbocycles. The Balaban J connectivity index is 2.13. The van der Waals surface area contributed by atoms with Gasteiger partial charge in [-0.05, 0) is 31.5 Å². The summed E-state index contributed by atoms with van der Waals surface area (Å²) in [5.41, 5.74) is 2.48. The zero-order chi connectivity index (χ0) is 21.0. The Labute approximate surface area is 174 Å². The molecule has 2 aromatic carbocycles. The summed E-state index contributed by atoms with van der Waals surface area (Å²) >= 11 is 1.03. The predicted octanol–water partition coefficient (Wildman–Crippen LogP) is 4.71. The van der Waals surface area contributed by atoms with Crippen molar-refractivity contribution in [2.75, 3.05) is 18.4 Å². The highest BCUT2D eigenvalue weighted by Crippen LogP contribution is 2.38. The van der Waals surface area contributed by atoms with Crippen LogP contribution in [0.2, 0.25) is 0 Å². The number of para-hydroxylation sites is 2. The lowest BCUT2D eigenvalue weighted by molar-refractivity contribution is 0.0602. The maximum absolute atomic E-state index is 13.4. The van der Waals surface area contributed by atoms with E-state index in [-0.39, 0.29) is 9.77 Å². The number of hydrogen-bond acceptors (Lipinski definition) is 6. The van der Waals surface area contributed by atoms with E-state index in [1.807, 2.05) is 38.1 Å². The van der Waals surface area contributed by atoms with Gasteiger partial charge in [-0.2, -0.15) is 0 Å². The number of sulfonamides is 1. The van der Waals surface area contributed by atoms with Crippen molar-refractivity contribution < 1.29 is 22.7 Å². The van der Waals surface area contributed by atoms with Gasteiger partial charge < -0.3 is 9.47 Å². The van der Waals surface area contributed by atoms with Crippen molar-refractivity contribution in [1.29, 1.82) is 0 Å². The molecule has 0 saturated heterocycles. The molecule has 0 aliphatic heterocycles. The minimum atomic E-state index is -4.11. The Bertz CT molecular complexity index is 1120. The van der Waals surface area contributed by atoms with E-state index < -0.39 is 16.0 Å². The number of esters is 1. The zero-order valence-corrected chi connectivity index (χ0v) is 17.9. The van der Waals surface area contributed by atoms with Crippen LogP contribution in [-0.4, -0.2) is 28.1 Å². The fraction of sp³-hybridized carbons (Fsp3) is 0.190. The Morgan fingerprint density at radius 1 is 1.10 bits per heavy atom. The number of benzene rings is 2. The molecule has 0 aliphatic rings. The average molecular weight is 432 g/mol. The fourth-order valence-electron chi connectivity index (χ4n) is 2.81. The molecule has 3 rings (SSSR count). The first-order chi connectivity index (χ1) is 13.9. The molecule has 0 bridgehead atoms. The molecule has 1 N–H and O–H groups in total. The Hall–Kier alpha value is -2.84. The molecule has 152 valence electrons. The van der Waals surface area contributed by atoms with Crippen molar-refractivity contribution in [2.24, 2.45) is 0 Å². The quantitative estimate of drug-likeness (QED) is 0.548. The third kappa shape index (κ3) is 4.44. The molecule has 0 unspecified atom stereocenters.